The van der Waals surface area contributed by atoms with Gasteiger partial charge in [0.25, 0.3) is 11.6 Å². The molecular weight excluding hydrogens is 338 g/mol. The first kappa shape index (κ1) is 18.9. The predicted octanol–water partition coefficient (Wildman–Crippen LogP) is 2.35. The summed E-state index contributed by atoms with van der Waals surface area (Å²) in [6.45, 7) is 3.67. The molecule has 0 heterocycles. The number of nitro groups is 1. The molecule has 0 fully saturated rings. The minimum atomic E-state index is -1.08. The summed E-state index contributed by atoms with van der Waals surface area (Å²) >= 11 is 0. The zero-order chi connectivity index (χ0) is 19.3. The lowest BCUT2D eigenvalue weighted by Gasteiger charge is -2.14. The van der Waals surface area contributed by atoms with Crippen molar-refractivity contribution in [3.63, 3.8) is 0 Å². The Kier molecular flexibility index (Phi) is 5.90. The third-order valence-corrected chi connectivity index (χ3v) is 3.71. The highest BCUT2D eigenvalue weighted by molar-refractivity contribution is 5.97. The van der Waals surface area contributed by atoms with E-state index in [1.54, 1.807) is 0 Å². The van der Waals surface area contributed by atoms with Crippen LogP contribution in [0.5, 0.6) is 0 Å². The smallest absolute Gasteiger partial charge is 0.341 e. The number of hydrogen-bond acceptors (Lipinski definition) is 6. The molecule has 1 amide bonds. The van der Waals surface area contributed by atoms with Crippen LogP contribution in [0, 0.1) is 17.0 Å². The summed E-state index contributed by atoms with van der Waals surface area (Å²) in [5, 5.41) is 13.5. The number of nitrogens with one attached hydrogen (secondary N) is 1. The second kappa shape index (κ2) is 8.11. The van der Waals surface area contributed by atoms with Crippen LogP contribution < -0.4 is 11.1 Å². The van der Waals surface area contributed by atoms with Gasteiger partial charge in [0.15, 0.2) is 6.10 Å². The first-order valence-corrected chi connectivity index (χ1v) is 7.86. The topological polar surface area (TPSA) is 125 Å². The molecule has 1 atom stereocenters. The van der Waals surface area contributed by atoms with Gasteiger partial charge >= 0.3 is 5.97 Å². The molecule has 0 aliphatic carbocycles. The fraction of sp³-hybridized carbons (Fsp3) is 0.222. The van der Waals surface area contributed by atoms with Gasteiger partial charge in [-0.1, -0.05) is 29.8 Å². The van der Waals surface area contributed by atoms with Crippen molar-refractivity contribution < 1.29 is 19.2 Å². The third-order valence-electron chi connectivity index (χ3n) is 3.71. The molecule has 2 aromatic rings. The summed E-state index contributed by atoms with van der Waals surface area (Å²) < 4.78 is 5.07. The number of amides is 1. The van der Waals surface area contributed by atoms with Crippen molar-refractivity contribution in [1.82, 2.24) is 5.32 Å². The monoisotopic (exact) mass is 357 g/mol. The highest BCUT2D eigenvalue weighted by Crippen LogP contribution is 2.21. The first-order valence-electron chi connectivity index (χ1n) is 7.86. The fourth-order valence-corrected chi connectivity index (χ4v) is 2.15. The van der Waals surface area contributed by atoms with E-state index in [0.29, 0.717) is 6.54 Å². The molecule has 26 heavy (non-hydrogen) atoms. The minimum Gasteiger partial charge on any atom is -0.449 e. The van der Waals surface area contributed by atoms with E-state index in [1.165, 1.54) is 19.1 Å². The van der Waals surface area contributed by atoms with Crippen LogP contribution in [0.2, 0.25) is 0 Å². The Hall–Kier alpha value is -3.42. The van der Waals surface area contributed by atoms with Gasteiger partial charge in [0.05, 0.1) is 10.5 Å². The lowest BCUT2D eigenvalue weighted by Crippen LogP contribution is -2.35. The van der Waals surface area contributed by atoms with E-state index in [0.717, 1.165) is 17.2 Å². The Balaban J connectivity index is 1.97. The van der Waals surface area contributed by atoms with Gasteiger partial charge in [-0.25, -0.2) is 4.79 Å². The van der Waals surface area contributed by atoms with Crippen LogP contribution in [-0.4, -0.2) is 22.9 Å². The van der Waals surface area contributed by atoms with Crippen molar-refractivity contribution in [2.24, 2.45) is 0 Å². The number of benzene rings is 2. The molecule has 0 aromatic heterocycles. The Bertz CT molecular complexity index is 833. The maximum atomic E-state index is 12.2. The van der Waals surface area contributed by atoms with Gasteiger partial charge in [-0.3, -0.25) is 14.9 Å². The fourth-order valence-electron chi connectivity index (χ4n) is 2.15. The summed E-state index contributed by atoms with van der Waals surface area (Å²) in [6.07, 6.45) is -1.08. The van der Waals surface area contributed by atoms with Gasteiger partial charge in [0.2, 0.25) is 0 Å². The highest BCUT2D eigenvalue weighted by atomic mass is 16.6. The average molecular weight is 357 g/mol. The number of nitro benzene ring substituents is 1. The molecule has 0 radical (unpaired) electrons. The molecule has 8 nitrogen and oxygen atoms in total. The number of anilines is 1. The van der Waals surface area contributed by atoms with Gasteiger partial charge in [-0.2, -0.15) is 0 Å². The zero-order valence-electron chi connectivity index (χ0n) is 14.4. The molecule has 2 aromatic carbocycles. The van der Waals surface area contributed by atoms with Crippen molar-refractivity contribution in [1.29, 1.82) is 0 Å². The van der Waals surface area contributed by atoms with Crippen LogP contribution in [0.3, 0.4) is 0 Å². The number of carbonyl (C=O) groups excluding carboxylic acids is 2. The number of rotatable bonds is 6. The van der Waals surface area contributed by atoms with Gasteiger partial charge in [-0.05, 0) is 25.5 Å². The van der Waals surface area contributed by atoms with E-state index in [1.807, 2.05) is 31.2 Å². The molecule has 0 unspecified atom stereocenters. The molecular formula is C18H19N3O5. The normalized spacial score (nSPS) is 11.5. The largest absolute Gasteiger partial charge is 0.449 e. The number of ether oxygens (including phenoxy) is 1. The molecule has 0 spiro atoms. The van der Waals surface area contributed by atoms with Crippen molar-refractivity contribution in [2.45, 2.75) is 26.5 Å². The summed E-state index contributed by atoms with van der Waals surface area (Å²) in [6, 6.07) is 11.1. The molecule has 8 heteroatoms. The maximum absolute atomic E-state index is 12.2. The Morgan fingerprint density at radius 3 is 2.50 bits per heavy atom. The Morgan fingerprint density at radius 1 is 1.23 bits per heavy atom. The summed E-state index contributed by atoms with van der Waals surface area (Å²) in [5.74, 6) is -1.38. The average Bonchev–Trinajstić information content (AvgIpc) is 2.60. The van der Waals surface area contributed by atoms with Crippen LogP contribution in [0.1, 0.15) is 28.4 Å². The van der Waals surface area contributed by atoms with Crippen LogP contribution in [-0.2, 0) is 16.1 Å². The molecule has 136 valence electrons. The molecule has 2 rings (SSSR count). The number of esters is 1. The van der Waals surface area contributed by atoms with Crippen molar-refractivity contribution in [2.75, 3.05) is 5.73 Å². The summed E-state index contributed by atoms with van der Waals surface area (Å²) in [4.78, 5) is 34.4. The number of carbonyl (C=O) groups is 2. The first-order chi connectivity index (χ1) is 12.3. The Labute approximate surface area is 150 Å². The van der Waals surface area contributed by atoms with Gasteiger partial charge in [0, 0.05) is 24.4 Å². The maximum Gasteiger partial charge on any atom is 0.341 e. The number of non-ortho nitro benzene ring substituents is 1. The van der Waals surface area contributed by atoms with Crippen molar-refractivity contribution >= 4 is 23.3 Å². The molecule has 0 saturated carbocycles. The number of hydrogen-bond donors (Lipinski definition) is 2. The lowest BCUT2D eigenvalue weighted by molar-refractivity contribution is -0.384. The standard InChI is InChI=1S/C18H19N3O5/c1-11-3-5-13(6-4-11)10-20-17(22)12(2)26-18(23)15-9-14(21(24)25)7-8-16(15)19/h3-9,12H,10,19H2,1-2H3,(H,20,22)/t12-/m1/s1. The second-order valence-electron chi connectivity index (χ2n) is 5.78. The molecule has 3 N–H and O–H groups in total. The number of nitrogens with zero attached hydrogens (tertiary/aromatic N) is 1. The zero-order valence-corrected chi connectivity index (χ0v) is 14.4. The Morgan fingerprint density at radius 2 is 1.88 bits per heavy atom. The molecule has 0 aliphatic heterocycles. The van der Waals surface area contributed by atoms with Crippen molar-refractivity contribution in [3.05, 3.63) is 69.3 Å². The van der Waals surface area contributed by atoms with E-state index in [2.05, 4.69) is 5.32 Å². The van der Waals surface area contributed by atoms with E-state index in [9.17, 15) is 19.7 Å². The van der Waals surface area contributed by atoms with Gasteiger partial charge in [-0.15, -0.1) is 0 Å². The summed E-state index contributed by atoms with van der Waals surface area (Å²) in [5.41, 5.74) is 7.27. The van der Waals surface area contributed by atoms with Crippen LogP contribution in [0.4, 0.5) is 11.4 Å². The van der Waals surface area contributed by atoms with Crippen LogP contribution >= 0.6 is 0 Å². The molecule has 0 saturated heterocycles. The van der Waals surface area contributed by atoms with Gasteiger partial charge in [0.1, 0.15) is 0 Å². The van der Waals surface area contributed by atoms with E-state index < -0.39 is 22.9 Å². The number of aryl methyl sites for hydroxylation is 1. The summed E-state index contributed by atoms with van der Waals surface area (Å²) in [7, 11) is 0. The molecule has 0 aliphatic rings. The van der Waals surface area contributed by atoms with E-state index >= 15 is 0 Å². The molecule has 0 bridgehead atoms. The van der Waals surface area contributed by atoms with Crippen molar-refractivity contribution in [3.8, 4) is 0 Å². The quantitative estimate of drug-likeness (QED) is 0.354. The third kappa shape index (κ3) is 4.79. The van der Waals surface area contributed by atoms with Crippen LogP contribution in [0.25, 0.3) is 0 Å². The number of nitrogen functional groups attached to an aromatic ring is 1. The SMILES string of the molecule is Cc1ccc(CNC(=O)[C@@H](C)OC(=O)c2cc([N+](=O)[O-])ccc2N)cc1. The van der Waals surface area contributed by atoms with E-state index in [4.69, 9.17) is 10.5 Å². The van der Waals surface area contributed by atoms with E-state index in [-0.39, 0.29) is 16.9 Å². The van der Waals surface area contributed by atoms with Gasteiger partial charge < -0.3 is 15.8 Å². The highest BCUT2D eigenvalue weighted by Gasteiger charge is 2.22. The predicted molar refractivity (Wildman–Crippen MR) is 95.4 cm³/mol. The lowest BCUT2D eigenvalue weighted by atomic mass is 10.1. The minimum absolute atomic E-state index is 0.0351. The van der Waals surface area contributed by atoms with Crippen LogP contribution in [0.15, 0.2) is 42.5 Å². The number of nitrogens with two attached hydrogens (primary N) is 1. The second-order valence-corrected chi connectivity index (χ2v) is 5.78.